The highest BCUT2D eigenvalue weighted by atomic mass is 19.1. The summed E-state index contributed by atoms with van der Waals surface area (Å²) in [6, 6.07) is 6.21. The first-order valence-corrected chi connectivity index (χ1v) is 5.43. The van der Waals surface area contributed by atoms with Crippen molar-refractivity contribution in [2.75, 3.05) is 6.54 Å². The molecule has 1 aromatic carbocycles. The number of hydrogen-bond donors (Lipinski definition) is 2. The Hall–Kier alpha value is -1.42. The fourth-order valence-corrected chi connectivity index (χ4v) is 1.37. The van der Waals surface area contributed by atoms with E-state index in [1.807, 2.05) is 0 Å². The summed E-state index contributed by atoms with van der Waals surface area (Å²) in [4.78, 5) is 11.3. The minimum absolute atomic E-state index is 0.0160. The molecule has 3 N–H and O–H groups in total. The molecule has 0 saturated carbocycles. The monoisotopic (exact) mass is 224 g/mol. The molecule has 0 aliphatic carbocycles. The molecule has 16 heavy (non-hydrogen) atoms. The number of carbonyl (C=O) groups is 1. The van der Waals surface area contributed by atoms with Crippen LogP contribution >= 0.6 is 0 Å². The van der Waals surface area contributed by atoms with Crippen molar-refractivity contribution in [3.8, 4) is 0 Å². The van der Waals surface area contributed by atoms with Gasteiger partial charge in [-0.2, -0.15) is 0 Å². The molecule has 0 aliphatic heterocycles. The summed E-state index contributed by atoms with van der Waals surface area (Å²) in [5, 5.41) is 2.74. The number of nitrogens with one attached hydrogen (secondary N) is 1. The molecule has 3 nitrogen and oxygen atoms in total. The predicted octanol–water partition coefficient (Wildman–Crippen LogP) is 1.57. The van der Waals surface area contributed by atoms with Crippen LogP contribution in [0.5, 0.6) is 0 Å². The average molecular weight is 224 g/mol. The van der Waals surface area contributed by atoms with Gasteiger partial charge in [-0.05, 0) is 37.1 Å². The fourth-order valence-electron chi connectivity index (χ4n) is 1.37. The van der Waals surface area contributed by atoms with E-state index in [2.05, 4.69) is 5.32 Å². The van der Waals surface area contributed by atoms with E-state index < -0.39 is 0 Å². The Morgan fingerprint density at radius 1 is 1.38 bits per heavy atom. The van der Waals surface area contributed by atoms with Crippen LogP contribution in [0.25, 0.3) is 0 Å². The van der Waals surface area contributed by atoms with Crippen LogP contribution in [-0.2, 0) is 11.3 Å². The lowest BCUT2D eigenvalue weighted by Crippen LogP contribution is -2.22. The van der Waals surface area contributed by atoms with Crippen LogP contribution in [0.3, 0.4) is 0 Å². The highest BCUT2D eigenvalue weighted by Crippen LogP contribution is 2.03. The summed E-state index contributed by atoms with van der Waals surface area (Å²) < 4.78 is 12.8. The van der Waals surface area contributed by atoms with Gasteiger partial charge in [-0.3, -0.25) is 4.79 Å². The standard InChI is InChI=1S/C12H17FN2O/c13-11-5-3-4-10(8-11)9-15-12(16)6-1-2-7-14/h3-5,8H,1-2,6-7,9,14H2,(H,15,16). The van der Waals surface area contributed by atoms with Crippen molar-refractivity contribution < 1.29 is 9.18 Å². The zero-order chi connectivity index (χ0) is 11.8. The number of halogens is 1. The summed E-state index contributed by atoms with van der Waals surface area (Å²) >= 11 is 0. The van der Waals surface area contributed by atoms with Gasteiger partial charge in [0.25, 0.3) is 0 Å². The minimum Gasteiger partial charge on any atom is -0.352 e. The first-order valence-electron chi connectivity index (χ1n) is 5.43. The Balaban J connectivity index is 2.26. The molecule has 0 fully saturated rings. The number of amides is 1. The van der Waals surface area contributed by atoms with Crippen molar-refractivity contribution in [2.45, 2.75) is 25.8 Å². The quantitative estimate of drug-likeness (QED) is 0.721. The molecule has 1 aromatic rings. The van der Waals surface area contributed by atoms with Gasteiger partial charge >= 0.3 is 0 Å². The molecular formula is C12H17FN2O. The second-order valence-corrected chi connectivity index (χ2v) is 3.65. The molecule has 0 aliphatic rings. The maximum absolute atomic E-state index is 12.8. The van der Waals surface area contributed by atoms with Gasteiger partial charge in [-0.1, -0.05) is 12.1 Å². The minimum atomic E-state index is -0.283. The molecule has 1 amide bonds. The van der Waals surface area contributed by atoms with Gasteiger partial charge in [0, 0.05) is 13.0 Å². The highest BCUT2D eigenvalue weighted by molar-refractivity contribution is 5.75. The Kier molecular flexibility index (Phi) is 5.50. The van der Waals surface area contributed by atoms with E-state index in [0.717, 1.165) is 18.4 Å². The van der Waals surface area contributed by atoms with E-state index in [1.54, 1.807) is 12.1 Å². The normalized spacial score (nSPS) is 10.1. The molecule has 0 aromatic heterocycles. The maximum atomic E-state index is 12.8. The van der Waals surface area contributed by atoms with Gasteiger partial charge in [-0.15, -0.1) is 0 Å². The first-order chi connectivity index (χ1) is 7.72. The van der Waals surface area contributed by atoms with Gasteiger partial charge in [0.1, 0.15) is 5.82 Å². The summed E-state index contributed by atoms with van der Waals surface area (Å²) in [5.74, 6) is -0.299. The van der Waals surface area contributed by atoms with E-state index >= 15 is 0 Å². The third-order valence-corrected chi connectivity index (χ3v) is 2.24. The molecule has 0 atom stereocenters. The van der Waals surface area contributed by atoms with Gasteiger partial charge in [0.05, 0.1) is 0 Å². The smallest absolute Gasteiger partial charge is 0.220 e. The maximum Gasteiger partial charge on any atom is 0.220 e. The third kappa shape index (κ3) is 4.89. The molecule has 0 radical (unpaired) electrons. The van der Waals surface area contributed by atoms with Crippen molar-refractivity contribution in [3.05, 3.63) is 35.6 Å². The van der Waals surface area contributed by atoms with Gasteiger partial charge < -0.3 is 11.1 Å². The molecule has 0 spiro atoms. The van der Waals surface area contributed by atoms with Crippen LogP contribution in [-0.4, -0.2) is 12.5 Å². The van der Waals surface area contributed by atoms with Crippen molar-refractivity contribution in [1.29, 1.82) is 0 Å². The van der Waals surface area contributed by atoms with E-state index in [-0.39, 0.29) is 11.7 Å². The molecule has 0 bridgehead atoms. The molecule has 1 rings (SSSR count). The lowest BCUT2D eigenvalue weighted by atomic mass is 10.2. The molecule has 88 valence electrons. The molecular weight excluding hydrogens is 207 g/mol. The van der Waals surface area contributed by atoms with Crippen molar-refractivity contribution >= 4 is 5.91 Å². The van der Waals surface area contributed by atoms with E-state index in [9.17, 15) is 9.18 Å². The number of hydrogen-bond acceptors (Lipinski definition) is 2. The van der Waals surface area contributed by atoms with Gasteiger partial charge in [-0.25, -0.2) is 4.39 Å². The number of carbonyl (C=O) groups excluding carboxylic acids is 1. The third-order valence-electron chi connectivity index (χ3n) is 2.24. The van der Waals surface area contributed by atoms with Gasteiger partial charge in [0.15, 0.2) is 0 Å². The average Bonchev–Trinajstić information content (AvgIpc) is 2.27. The summed E-state index contributed by atoms with van der Waals surface area (Å²) in [6.07, 6.45) is 2.13. The topological polar surface area (TPSA) is 55.1 Å². The molecule has 0 saturated heterocycles. The second kappa shape index (κ2) is 6.95. The lowest BCUT2D eigenvalue weighted by molar-refractivity contribution is -0.121. The van der Waals surface area contributed by atoms with Gasteiger partial charge in [0.2, 0.25) is 5.91 Å². The second-order valence-electron chi connectivity index (χ2n) is 3.65. The van der Waals surface area contributed by atoms with Crippen LogP contribution in [0.2, 0.25) is 0 Å². The summed E-state index contributed by atoms with van der Waals surface area (Å²) in [6.45, 7) is 0.983. The SMILES string of the molecule is NCCCCC(=O)NCc1cccc(F)c1. The Bertz CT molecular complexity index is 342. The summed E-state index contributed by atoms with van der Waals surface area (Å²) in [7, 11) is 0. The first kappa shape index (κ1) is 12.6. The van der Waals surface area contributed by atoms with Crippen LogP contribution in [0.4, 0.5) is 4.39 Å². The van der Waals surface area contributed by atoms with Crippen LogP contribution < -0.4 is 11.1 Å². The van der Waals surface area contributed by atoms with E-state index in [0.29, 0.717) is 19.5 Å². The fraction of sp³-hybridized carbons (Fsp3) is 0.417. The largest absolute Gasteiger partial charge is 0.352 e. The highest BCUT2D eigenvalue weighted by Gasteiger charge is 2.01. The predicted molar refractivity (Wildman–Crippen MR) is 61.2 cm³/mol. The summed E-state index contributed by atoms with van der Waals surface area (Å²) in [5.41, 5.74) is 6.09. The number of nitrogens with two attached hydrogens (primary N) is 1. The molecule has 0 unspecified atom stereocenters. The Morgan fingerprint density at radius 2 is 2.19 bits per heavy atom. The lowest BCUT2D eigenvalue weighted by Gasteiger charge is -2.05. The zero-order valence-electron chi connectivity index (χ0n) is 9.21. The van der Waals surface area contributed by atoms with Crippen molar-refractivity contribution in [3.63, 3.8) is 0 Å². The molecule has 0 heterocycles. The Labute approximate surface area is 94.8 Å². The van der Waals surface area contributed by atoms with E-state index in [1.165, 1.54) is 12.1 Å². The molecule has 4 heteroatoms. The number of unbranched alkanes of at least 4 members (excludes halogenated alkanes) is 1. The number of rotatable bonds is 6. The van der Waals surface area contributed by atoms with Crippen LogP contribution in [0.1, 0.15) is 24.8 Å². The Morgan fingerprint density at radius 3 is 2.88 bits per heavy atom. The van der Waals surface area contributed by atoms with Crippen molar-refractivity contribution in [2.24, 2.45) is 5.73 Å². The van der Waals surface area contributed by atoms with E-state index in [4.69, 9.17) is 5.73 Å². The van der Waals surface area contributed by atoms with Crippen LogP contribution in [0, 0.1) is 5.82 Å². The number of benzene rings is 1. The van der Waals surface area contributed by atoms with Crippen LogP contribution in [0.15, 0.2) is 24.3 Å². The zero-order valence-corrected chi connectivity index (χ0v) is 9.21. The van der Waals surface area contributed by atoms with Crippen molar-refractivity contribution in [1.82, 2.24) is 5.32 Å².